The summed E-state index contributed by atoms with van der Waals surface area (Å²) in [5, 5.41) is 3.11. The molecule has 1 fully saturated rings. The molecule has 30 heavy (non-hydrogen) atoms. The summed E-state index contributed by atoms with van der Waals surface area (Å²) in [6, 6.07) is 16.7. The van der Waals surface area contributed by atoms with Gasteiger partial charge in [-0.05, 0) is 41.5 Å². The van der Waals surface area contributed by atoms with Crippen LogP contribution in [0, 0.1) is 0 Å². The number of nitrogens with one attached hydrogen (secondary N) is 1. The minimum absolute atomic E-state index is 0.391. The van der Waals surface area contributed by atoms with Crippen molar-refractivity contribution in [1.29, 1.82) is 0 Å². The van der Waals surface area contributed by atoms with E-state index in [0.29, 0.717) is 37.8 Å². The Kier molecular flexibility index (Phi) is 5.56. The molecule has 1 aliphatic heterocycles. The van der Waals surface area contributed by atoms with Gasteiger partial charge in [0.05, 0.1) is 0 Å². The van der Waals surface area contributed by atoms with Gasteiger partial charge in [0.1, 0.15) is 0 Å². The van der Waals surface area contributed by atoms with E-state index in [2.05, 4.69) is 15.3 Å². The number of benzene rings is 2. The minimum Gasteiger partial charge on any atom is -0.399 e. The number of carbonyl (C=O) groups is 2. The van der Waals surface area contributed by atoms with Crippen LogP contribution in [0.3, 0.4) is 0 Å². The molecule has 1 saturated heterocycles. The van der Waals surface area contributed by atoms with E-state index in [1.807, 2.05) is 36.4 Å². The molecule has 3 aromatic rings. The first-order chi connectivity index (χ1) is 14.6. The largest absolute Gasteiger partial charge is 0.399 e. The molecule has 8 heteroatoms. The highest BCUT2D eigenvalue weighted by Crippen LogP contribution is 2.17. The van der Waals surface area contributed by atoms with E-state index in [0.717, 1.165) is 16.8 Å². The van der Waals surface area contributed by atoms with E-state index < -0.39 is 11.8 Å². The van der Waals surface area contributed by atoms with Crippen LogP contribution in [0.25, 0.3) is 0 Å². The lowest BCUT2D eigenvalue weighted by Gasteiger charge is -2.34. The van der Waals surface area contributed by atoms with Crippen molar-refractivity contribution in [1.82, 2.24) is 19.8 Å². The standard InChI is InChI=1S/C22H22N6O2/c23-18-6-2-16(3-7-18)14-27-12-13-28(21(30)20(27)29)15-17-4-8-19(9-5-17)26-22-24-10-1-11-25-22/h1-11H,12-15,23H2,(H,24,25,26). The highest BCUT2D eigenvalue weighted by molar-refractivity contribution is 6.35. The number of nitrogen functional groups attached to an aromatic ring is 1. The van der Waals surface area contributed by atoms with E-state index in [1.165, 1.54) is 0 Å². The second-order valence-corrected chi connectivity index (χ2v) is 7.09. The Morgan fingerprint density at radius 3 is 1.83 bits per heavy atom. The van der Waals surface area contributed by atoms with Crippen LogP contribution in [0.5, 0.6) is 0 Å². The molecule has 0 radical (unpaired) electrons. The number of hydrogen-bond acceptors (Lipinski definition) is 6. The quantitative estimate of drug-likeness (QED) is 0.484. The summed E-state index contributed by atoms with van der Waals surface area (Å²) in [5.74, 6) is -0.433. The number of nitrogens with zero attached hydrogens (tertiary/aromatic N) is 4. The van der Waals surface area contributed by atoms with Crippen LogP contribution in [-0.4, -0.2) is 44.7 Å². The van der Waals surface area contributed by atoms with Crippen LogP contribution in [0.1, 0.15) is 11.1 Å². The van der Waals surface area contributed by atoms with Gasteiger partial charge in [-0.25, -0.2) is 9.97 Å². The number of hydrogen-bond donors (Lipinski definition) is 2. The summed E-state index contributed by atoms with van der Waals surface area (Å²) in [4.78, 5) is 36.5. The van der Waals surface area contributed by atoms with Gasteiger partial charge in [-0.15, -0.1) is 0 Å². The molecule has 3 N–H and O–H groups in total. The Morgan fingerprint density at radius 1 is 0.800 bits per heavy atom. The molecule has 1 aromatic heterocycles. The topological polar surface area (TPSA) is 104 Å². The van der Waals surface area contributed by atoms with Crippen molar-refractivity contribution < 1.29 is 9.59 Å². The van der Waals surface area contributed by atoms with Crippen molar-refractivity contribution in [3.8, 4) is 0 Å². The lowest BCUT2D eigenvalue weighted by atomic mass is 10.1. The highest BCUT2D eigenvalue weighted by atomic mass is 16.2. The van der Waals surface area contributed by atoms with Gasteiger partial charge in [0.25, 0.3) is 0 Å². The maximum atomic E-state index is 12.6. The first-order valence-corrected chi connectivity index (χ1v) is 9.64. The first-order valence-electron chi connectivity index (χ1n) is 9.64. The fourth-order valence-corrected chi connectivity index (χ4v) is 3.27. The molecule has 152 valence electrons. The van der Waals surface area contributed by atoms with Crippen LogP contribution < -0.4 is 11.1 Å². The summed E-state index contributed by atoms with van der Waals surface area (Å²) in [6.07, 6.45) is 3.33. The van der Waals surface area contributed by atoms with Crippen LogP contribution in [-0.2, 0) is 22.7 Å². The van der Waals surface area contributed by atoms with E-state index in [9.17, 15) is 9.59 Å². The fraction of sp³-hybridized carbons (Fsp3) is 0.182. The van der Waals surface area contributed by atoms with Crippen LogP contribution in [0.4, 0.5) is 17.3 Å². The lowest BCUT2D eigenvalue weighted by Crippen LogP contribution is -2.53. The molecular weight excluding hydrogens is 380 g/mol. The summed E-state index contributed by atoms with van der Waals surface area (Å²) in [7, 11) is 0. The monoisotopic (exact) mass is 402 g/mol. The first kappa shape index (κ1) is 19.4. The average Bonchev–Trinajstić information content (AvgIpc) is 2.77. The average molecular weight is 402 g/mol. The summed E-state index contributed by atoms with van der Waals surface area (Å²) < 4.78 is 0. The minimum atomic E-state index is -0.475. The Morgan fingerprint density at radius 2 is 1.30 bits per heavy atom. The van der Waals surface area contributed by atoms with Crippen molar-refractivity contribution >= 4 is 29.1 Å². The zero-order valence-corrected chi connectivity index (χ0v) is 16.4. The zero-order chi connectivity index (χ0) is 20.9. The van der Waals surface area contributed by atoms with Gasteiger partial charge >= 0.3 is 11.8 Å². The Bertz CT molecular complexity index is 1020. The summed E-state index contributed by atoms with van der Waals surface area (Å²) in [6.45, 7) is 1.79. The molecule has 8 nitrogen and oxygen atoms in total. The molecule has 0 aliphatic carbocycles. The van der Waals surface area contributed by atoms with Gasteiger partial charge in [0.2, 0.25) is 5.95 Å². The van der Waals surface area contributed by atoms with Gasteiger partial charge < -0.3 is 20.9 Å². The van der Waals surface area contributed by atoms with E-state index in [-0.39, 0.29) is 0 Å². The molecule has 0 spiro atoms. The second kappa shape index (κ2) is 8.60. The molecule has 2 amide bonds. The number of piperazine rings is 1. The summed E-state index contributed by atoms with van der Waals surface area (Å²) in [5.41, 5.74) is 9.11. The molecule has 2 heterocycles. The van der Waals surface area contributed by atoms with Gasteiger partial charge in [-0.1, -0.05) is 24.3 Å². The molecular formula is C22H22N6O2. The van der Waals surface area contributed by atoms with E-state index in [1.54, 1.807) is 40.4 Å². The van der Waals surface area contributed by atoms with Crippen molar-refractivity contribution in [3.05, 3.63) is 78.1 Å². The van der Waals surface area contributed by atoms with Gasteiger partial charge in [0.15, 0.2) is 0 Å². The van der Waals surface area contributed by atoms with E-state index >= 15 is 0 Å². The van der Waals surface area contributed by atoms with Crippen LogP contribution in [0.2, 0.25) is 0 Å². The van der Waals surface area contributed by atoms with Crippen molar-refractivity contribution in [2.24, 2.45) is 0 Å². The number of aromatic nitrogens is 2. The number of amides is 2. The zero-order valence-electron chi connectivity index (χ0n) is 16.4. The SMILES string of the molecule is Nc1ccc(CN2CCN(Cc3ccc(Nc4ncccn4)cc3)C(=O)C2=O)cc1. The van der Waals surface area contributed by atoms with Crippen molar-refractivity contribution in [2.45, 2.75) is 13.1 Å². The van der Waals surface area contributed by atoms with Gasteiger partial charge in [-0.2, -0.15) is 0 Å². The highest BCUT2D eigenvalue weighted by Gasteiger charge is 2.32. The van der Waals surface area contributed by atoms with Gasteiger partial charge in [0, 0.05) is 49.9 Å². The van der Waals surface area contributed by atoms with Crippen LogP contribution in [0.15, 0.2) is 67.0 Å². The fourth-order valence-electron chi connectivity index (χ4n) is 3.27. The third-order valence-corrected chi connectivity index (χ3v) is 4.90. The molecule has 1 aliphatic rings. The Balaban J connectivity index is 1.34. The molecule has 0 saturated carbocycles. The molecule has 4 rings (SSSR count). The number of carbonyl (C=O) groups excluding carboxylic acids is 2. The Labute approximate surface area is 174 Å². The number of anilines is 3. The van der Waals surface area contributed by atoms with Gasteiger partial charge in [-0.3, -0.25) is 9.59 Å². The predicted molar refractivity (Wildman–Crippen MR) is 113 cm³/mol. The summed E-state index contributed by atoms with van der Waals surface area (Å²) >= 11 is 0. The smallest absolute Gasteiger partial charge is 0.312 e. The predicted octanol–water partition coefficient (Wildman–Crippen LogP) is 2.17. The van der Waals surface area contributed by atoms with E-state index in [4.69, 9.17) is 5.73 Å². The van der Waals surface area contributed by atoms with Crippen molar-refractivity contribution in [2.75, 3.05) is 24.1 Å². The normalized spacial score (nSPS) is 14.1. The van der Waals surface area contributed by atoms with Crippen molar-refractivity contribution in [3.63, 3.8) is 0 Å². The number of nitrogens with two attached hydrogens (primary N) is 1. The maximum absolute atomic E-state index is 12.6. The van der Waals surface area contributed by atoms with Crippen LogP contribution >= 0.6 is 0 Å². The maximum Gasteiger partial charge on any atom is 0.312 e. The molecule has 2 aromatic carbocycles. The second-order valence-electron chi connectivity index (χ2n) is 7.09. The molecule has 0 atom stereocenters. The third-order valence-electron chi connectivity index (χ3n) is 4.90. The number of rotatable bonds is 6. The molecule has 0 unspecified atom stereocenters. The lowest BCUT2D eigenvalue weighted by molar-refractivity contribution is -0.156. The third kappa shape index (κ3) is 4.54. The molecule has 0 bridgehead atoms. The Hall–Kier alpha value is -3.94.